The van der Waals surface area contributed by atoms with Gasteiger partial charge in [0, 0.05) is 12.1 Å². The molecule has 7 heteroatoms. The van der Waals surface area contributed by atoms with Gasteiger partial charge in [0.05, 0.1) is 13.2 Å². The Kier molecular flexibility index (Phi) is 5.31. The van der Waals surface area contributed by atoms with Crippen molar-refractivity contribution in [3.8, 4) is 0 Å². The minimum atomic E-state index is -4.52. The largest absolute Gasteiger partial charge is 0.406 e. The summed E-state index contributed by atoms with van der Waals surface area (Å²) in [5.41, 5.74) is 0.635. The molecule has 0 unspecified atom stereocenters. The number of halogens is 3. The van der Waals surface area contributed by atoms with Crippen LogP contribution in [0.5, 0.6) is 0 Å². The summed E-state index contributed by atoms with van der Waals surface area (Å²) >= 11 is 0. The van der Waals surface area contributed by atoms with E-state index in [0.29, 0.717) is 10.5 Å². The molecule has 0 heterocycles. The molecule has 2 N–H and O–H groups in total. The van der Waals surface area contributed by atoms with E-state index in [1.807, 2.05) is 0 Å². The van der Waals surface area contributed by atoms with Crippen molar-refractivity contribution in [3.63, 3.8) is 0 Å². The third-order valence-corrected chi connectivity index (χ3v) is 2.41. The lowest BCUT2D eigenvalue weighted by Crippen LogP contribution is -2.40. The maximum Gasteiger partial charge on any atom is 0.406 e. The van der Waals surface area contributed by atoms with Crippen LogP contribution in [0.2, 0.25) is 0 Å². The smallest absolute Gasteiger partial charge is 0.395 e. The van der Waals surface area contributed by atoms with Gasteiger partial charge in [0.25, 0.3) is 5.91 Å². The highest BCUT2D eigenvalue weighted by molar-refractivity contribution is 5.94. The Morgan fingerprint density at radius 3 is 2.16 bits per heavy atom. The van der Waals surface area contributed by atoms with E-state index in [2.05, 4.69) is 0 Å². The van der Waals surface area contributed by atoms with E-state index in [4.69, 9.17) is 10.2 Å². The standard InChI is InChI=1S/C12H14F3NO3/c13-12(14,15)8-16(5-6-17)11(19)10-3-1-9(7-18)2-4-10/h1-4,17-18H,5-8H2. The van der Waals surface area contributed by atoms with Gasteiger partial charge >= 0.3 is 6.18 Å². The van der Waals surface area contributed by atoms with Crippen molar-refractivity contribution >= 4 is 5.91 Å². The van der Waals surface area contributed by atoms with Gasteiger partial charge in [-0.1, -0.05) is 12.1 Å². The number of carbonyl (C=O) groups is 1. The molecule has 1 aromatic rings. The molecule has 0 aliphatic rings. The molecule has 0 aliphatic carbocycles. The molecule has 0 aromatic heterocycles. The molecule has 106 valence electrons. The molecule has 0 radical (unpaired) electrons. The van der Waals surface area contributed by atoms with Crippen LogP contribution in [0.15, 0.2) is 24.3 Å². The maximum atomic E-state index is 12.3. The van der Waals surface area contributed by atoms with Crippen molar-refractivity contribution in [3.05, 3.63) is 35.4 Å². The van der Waals surface area contributed by atoms with Crippen LogP contribution >= 0.6 is 0 Å². The lowest BCUT2D eigenvalue weighted by molar-refractivity contribution is -0.141. The predicted molar refractivity (Wildman–Crippen MR) is 61.4 cm³/mol. The van der Waals surface area contributed by atoms with E-state index >= 15 is 0 Å². The van der Waals surface area contributed by atoms with Gasteiger partial charge in [0.2, 0.25) is 0 Å². The highest BCUT2D eigenvalue weighted by Gasteiger charge is 2.33. The van der Waals surface area contributed by atoms with Crippen LogP contribution < -0.4 is 0 Å². The first kappa shape index (κ1) is 15.5. The van der Waals surface area contributed by atoms with Crippen LogP contribution in [0.4, 0.5) is 13.2 Å². The number of nitrogens with zero attached hydrogens (tertiary/aromatic N) is 1. The fourth-order valence-electron chi connectivity index (χ4n) is 1.52. The summed E-state index contributed by atoms with van der Waals surface area (Å²) in [5.74, 6) is -0.809. The predicted octanol–water partition coefficient (Wildman–Crippen LogP) is 1.18. The van der Waals surface area contributed by atoms with Crippen LogP contribution in [-0.4, -0.2) is 46.9 Å². The zero-order chi connectivity index (χ0) is 14.5. The third-order valence-electron chi connectivity index (χ3n) is 2.41. The monoisotopic (exact) mass is 277 g/mol. The molecule has 1 rings (SSSR count). The second kappa shape index (κ2) is 6.53. The molecule has 0 bridgehead atoms. The molecular weight excluding hydrogens is 263 g/mol. The van der Waals surface area contributed by atoms with E-state index in [-0.39, 0.29) is 18.7 Å². The lowest BCUT2D eigenvalue weighted by Gasteiger charge is -2.23. The van der Waals surface area contributed by atoms with E-state index in [0.717, 1.165) is 0 Å². The second-order valence-corrected chi connectivity index (χ2v) is 3.92. The number of amides is 1. The molecule has 0 aliphatic heterocycles. The minimum absolute atomic E-state index is 0.0786. The Labute approximate surface area is 108 Å². The Balaban J connectivity index is 2.85. The quantitative estimate of drug-likeness (QED) is 0.849. The average molecular weight is 277 g/mol. The topological polar surface area (TPSA) is 60.8 Å². The van der Waals surface area contributed by atoms with Crippen molar-refractivity contribution in [2.24, 2.45) is 0 Å². The molecule has 0 atom stereocenters. The number of aliphatic hydroxyl groups excluding tert-OH is 2. The molecule has 0 saturated heterocycles. The van der Waals surface area contributed by atoms with Gasteiger partial charge in [-0.25, -0.2) is 0 Å². The highest BCUT2D eigenvalue weighted by atomic mass is 19.4. The van der Waals surface area contributed by atoms with Crippen LogP contribution in [0.3, 0.4) is 0 Å². The van der Waals surface area contributed by atoms with Gasteiger partial charge in [-0.05, 0) is 17.7 Å². The van der Waals surface area contributed by atoms with Gasteiger partial charge < -0.3 is 15.1 Å². The van der Waals surface area contributed by atoms with Crippen molar-refractivity contribution < 1.29 is 28.2 Å². The molecule has 4 nitrogen and oxygen atoms in total. The van der Waals surface area contributed by atoms with Gasteiger partial charge in [0.15, 0.2) is 0 Å². The van der Waals surface area contributed by atoms with Gasteiger partial charge in [-0.15, -0.1) is 0 Å². The fourth-order valence-corrected chi connectivity index (χ4v) is 1.52. The second-order valence-electron chi connectivity index (χ2n) is 3.92. The SMILES string of the molecule is O=C(c1ccc(CO)cc1)N(CCO)CC(F)(F)F. The summed E-state index contributed by atoms with van der Waals surface area (Å²) in [4.78, 5) is 12.4. The van der Waals surface area contributed by atoms with Gasteiger partial charge in [-0.2, -0.15) is 13.2 Å². The number of alkyl halides is 3. The van der Waals surface area contributed by atoms with E-state index in [9.17, 15) is 18.0 Å². The first-order valence-electron chi connectivity index (χ1n) is 5.54. The van der Waals surface area contributed by atoms with E-state index < -0.39 is 25.2 Å². The highest BCUT2D eigenvalue weighted by Crippen LogP contribution is 2.18. The molecule has 1 amide bonds. The molecule has 19 heavy (non-hydrogen) atoms. The van der Waals surface area contributed by atoms with Gasteiger partial charge in [-0.3, -0.25) is 4.79 Å². The zero-order valence-corrected chi connectivity index (χ0v) is 10.0. The summed E-state index contributed by atoms with van der Waals surface area (Å²) in [5, 5.41) is 17.6. The minimum Gasteiger partial charge on any atom is -0.395 e. The Bertz CT molecular complexity index is 417. The molecule has 1 aromatic carbocycles. The Hall–Kier alpha value is -1.60. The molecular formula is C12H14F3NO3. The van der Waals surface area contributed by atoms with Crippen LogP contribution in [0, 0.1) is 0 Å². The van der Waals surface area contributed by atoms with Crippen LogP contribution in [-0.2, 0) is 6.61 Å². The Morgan fingerprint density at radius 2 is 1.74 bits per heavy atom. The molecule has 0 spiro atoms. The molecule has 0 saturated carbocycles. The number of rotatable bonds is 5. The van der Waals surface area contributed by atoms with Crippen LogP contribution in [0.1, 0.15) is 15.9 Å². The summed E-state index contributed by atoms with van der Waals surface area (Å²) in [6, 6.07) is 5.60. The summed E-state index contributed by atoms with van der Waals surface area (Å²) in [6.07, 6.45) is -4.52. The normalized spacial score (nSPS) is 11.4. The average Bonchev–Trinajstić information content (AvgIpc) is 2.36. The lowest BCUT2D eigenvalue weighted by atomic mass is 10.1. The van der Waals surface area contributed by atoms with E-state index in [1.54, 1.807) is 0 Å². The van der Waals surface area contributed by atoms with Crippen LogP contribution in [0.25, 0.3) is 0 Å². The fraction of sp³-hybridized carbons (Fsp3) is 0.417. The number of carbonyl (C=O) groups excluding carboxylic acids is 1. The van der Waals surface area contributed by atoms with Crippen molar-refractivity contribution in [2.75, 3.05) is 19.7 Å². The van der Waals surface area contributed by atoms with Gasteiger partial charge in [0.1, 0.15) is 6.54 Å². The summed E-state index contributed by atoms with van der Waals surface area (Å²) < 4.78 is 36.9. The first-order chi connectivity index (χ1) is 8.87. The summed E-state index contributed by atoms with van der Waals surface area (Å²) in [6.45, 7) is -2.55. The number of hydrogen-bond acceptors (Lipinski definition) is 3. The number of hydrogen-bond donors (Lipinski definition) is 2. The van der Waals surface area contributed by atoms with Crippen molar-refractivity contribution in [2.45, 2.75) is 12.8 Å². The van der Waals surface area contributed by atoms with Crippen molar-refractivity contribution in [1.82, 2.24) is 4.90 Å². The zero-order valence-electron chi connectivity index (χ0n) is 10.0. The van der Waals surface area contributed by atoms with Crippen molar-refractivity contribution in [1.29, 1.82) is 0 Å². The summed E-state index contributed by atoms with van der Waals surface area (Å²) in [7, 11) is 0. The molecule has 0 fully saturated rings. The third kappa shape index (κ3) is 4.88. The number of aliphatic hydroxyl groups is 2. The maximum absolute atomic E-state index is 12.3. The Morgan fingerprint density at radius 1 is 1.16 bits per heavy atom. The first-order valence-corrected chi connectivity index (χ1v) is 5.54. The van der Waals surface area contributed by atoms with E-state index in [1.165, 1.54) is 24.3 Å². The number of benzene rings is 1.